The van der Waals surface area contributed by atoms with Crippen molar-refractivity contribution in [2.45, 2.75) is 26.4 Å². The molecular formula is C19H22N4O2. The smallest absolute Gasteiger partial charge is 0.313 e. The second-order valence-electron chi connectivity index (χ2n) is 6.50. The van der Waals surface area contributed by atoms with Crippen LogP contribution < -0.4 is 10.2 Å². The molecule has 0 fully saturated rings. The summed E-state index contributed by atoms with van der Waals surface area (Å²) in [5.41, 5.74) is 3.57. The first-order valence-corrected chi connectivity index (χ1v) is 8.28. The molecule has 130 valence electrons. The van der Waals surface area contributed by atoms with Crippen molar-refractivity contribution in [3.63, 3.8) is 0 Å². The van der Waals surface area contributed by atoms with E-state index < -0.39 is 11.8 Å². The number of hydrogen-bond donors (Lipinski definition) is 1. The first-order valence-electron chi connectivity index (χ1n) is 8.28. The van der Waals surface area contributed by atoms with Gasteiger partial charge in [0.2, 0.25) is 0 Å². The van der Waals surface area contributed by atoms with E-state index in [1.165, 1.54) is 6.20 Å². The van der Waals surface area contributed by atoms with E-state index >= 15 is 0 Å². The molecule has 3 rings (SSSR count). The van der Waals surface area contributed by atoms with E-state index in [1.54, 1.807) is 17.2 Å². The van der Waals surface area contributed by atoms with E-state index in [0.29, 0.717) is 18.8 Å². The van der Waals surface area contributed by atoms with Gasteiger partial charge in [0.15, 0.2) is 0 Å². The number of anilines is 2. The Kier molecular flexibility index (Phi) is 4.70. The van der Waals surface area contributed by atoms with Crippen LogP contribution in [0.4, 0.5) is 11.4 Å². The predicted octanol–water partition coefficient (Wildman–Crippen LogP) is 2.20. The molecule has 2 aromatic rings. The van der Waals surface area contributed by atoms with Crippen LogP contribution in [-0.2, 0) is 16.1 Å². The zero-order valence-electron chi connectivity index (χ0n) is 14.7. The number of aryl methyl sites for hydroxylation is 1. The molecule has 0 saturated carbocycles. The standard InChI is InChI=1S/C19H22N4O2/c1-13-8-16(10-20-9-13)21-18(24)19(25)23-12-15-6-4-5-7-17(15)22(3)11-14(23)2/h4-10,14H,11-12H2,1-3H3,(H,21,24)/t14-/m1/s1. The van der Waals surface area contributed by atoms with Gasteiger partial charge >= 0.3 is 11.8 Å². The molecule has 1 atom stereocenters. The zero-order valence-corrected chi connectivity index (χ0v) is 14.7. The summed E-state index contributed by atoms with van der Waals surface area (Å²) in [4.78, 5) is 33.0. The largest absolute Gasteiger partial charge is 0.372 e. The van der Waals surface area contributed by atoms with Gasteiger partial charge in [-0.3, -0.25) is 14.6 Å². The second-order valence-corrected chi connectivity index (χ2v) is 6.50. The van der Waals surface area contributed by atoms with Crippen molar-refractivity contribution in [1.82, 2.24) is 9.88 Å². The van der Waals surface area contributed by atoms with E-state index in [4.69, 9.17) is 0 Å². The molecule has 1 aliphatic rings. The highest BCUT2D eigenvalue weighted by Crippen LogP contribution is 2.26. The topological polar surface area (TPSA) is 65.5 Å². The number of para-hydroxylation sites is 1. The highest BCUT2D eigenvalue weighted by molar-refractivity contribution is 6.39. The number of rotatable bonds is 1. The number of carbonyl (C=O) groups excluding carboxylic acids is 2. The second kappa shape index (κ2) is 6.93. The van der Waals surface area contributed by atoms with Gasteiger partial charge in [0.1, 0.15) is 0 Å². The maximum absolute atomic E-state index is 12.7. The van der Waals surface area contributed by atoms with Crippen molar-refractivity contribution < 1.29 is 9.59 Å². The average molecular weight is 338 g/mol. The van der Waals surface area contributed by atoms with Gasteiger partial charge < -0.3 is 15.1 Å². The number of hydrogen-bond acceptors (Lipinski definition) is 4. The first-order chi connectivity index (χ1) is 12.0. The Morgan fingerprint density at radius 1 is 1.24 bits per heavy atom. The number of nitrogens with zero attached hydrogens (tertiary/aromatic N) is 3. The van der Waals surface area contributed by atoms with Gasteiger partial charge in [-0.2, -0.15) is 0 Å². The summed E-state index contributed by atoms with van der Waals surface area (Å²) < 4.78 is 0. The summed E-state index contributed by atoms with van der Waals surface area (Å²) >= 11 is 0. The molecule has 0 radical (unpaired) electrons. The first kappa shape index (κ1) is 17.0. The van der Waals surface area contributed by atoms with Gasteiger partial charge in [0, 0.05) is 38.1 Å². The molecule has 2 amide bonds. The number of pyridine rings is 1. The van der Waals surface area contributed by atoms with Gasteiger partial charge in [-0.15, -0.1) is 0 Å². The van der Waals surface area contributed by atoms with Crippen molar-refractivity contribution in [2.75, 3.05) is 23.8 Å². The van der Waals surface area contributed by atoms with Crippen LogP contribution >= 0.6 is 0 Å². The Balaban J connectivity index is 1.80. The summed E-state index contributed by atoms with van der Waals surface area (Å²) in [6.45, 7) is 4.93. The SMILES string of the molecule is Cc1cncc(NC(=O)C(=O)N2Cc3ccccc3N(C)C[C@H]2C)c1. The molecule has 0 saturated heterocycles. The maximum atomic E-state index is 12.7. The minimum atomic E-state index is -0.638. The van der Waals surface area contributed by atoms with Gasteiger partial charge in [-0.1, -0.05) is 18.2 Å². The van der Waals surface area contributed by atoms with Gasteiger partial charge in [-0.25, -0.2) is 0 Å². The third-order valence-electron chi connectivity index (χ3n) is 4.40. The third-order valence-corrected chi connectivity index (χ3v) is 4.40. The van der Waals surface area contributed by atoms with E-state index in [0.717, 1.165) is 16.8 Å². The lowest BCUT2D eigenvalue weighted by molar-refractivity contribution is -0.144. The van der Waals surface area contributed by atoms with Crippen LogP contribution in [0.15, 0.2) is 42.7 Å². The lowest BCUT2D eigenvalue weighted by Crippen LogP contribution is -2.46. The zero-order chi connectivity index (χ0) is 18.0. The fourth-order valence-electron chi connectivity index (χ4n) is 3.16. The molecule has 0 bridgehead atoms. The summed E-state index contributed by atoms with van der Waals surface area (Å²) in [7, 11) is 2.00. The van der Waals surface area contributed by atoms with Crippen molar-refractivity contribution in [3.8, 4) is 0 Å². The fraction of sp³-hybridized carbons (Fsp3) is 0.316. The molecule has 0 aliphatic carbocycles. The summed E-state index contributed by atoms with van der Waals surface area (Å²) in [5.74, 6) is -1.17. The molecule has 1 aromatic carbocycles. The lowest BCUT2D eigenvalue weighted by Gasteiger charge is -2.28. The third kappa shape index (κ3) is 3.63. The van der Waals surface area contributed by atoms with Crippen molar-refractivity contribution in [2.24, 2.45) is 0 Å². The Labute approximate surface area is 147 Å². The monoisotopic (exact) mass is 338 g/mol. The minimum Gasteiger partial charge on any atom is -0.372 e. The fourth-order valence-corrected chi connectivity index (χ4v) is 3.16. The number of fused-ring (bicyclic) bond motifs is 1. The maximum Gasteiger partial charge on any atom is 0.313 e. The number of nitrogens with one attached hydrogen (secondary N) is 1. The van der Waals surface area contributed by atoms with E-state index in [2.05, 4.69) is 15.2 Å². The molecule has 0 spiro atoms. The van der Waals surface area contributed by atoms with Crippen LogP contribution in [0.2, 0.25) is 0 Å². The Bertz CT molecular complexity index is 806. The molecule has 6 nitrogen and oxygen atoms in total. The van der Waals surface area contributed by atoms with Crippen LogP contribution in [-0.4, -0.2) is 41.3 Å². The number of amides is 2. The highest BCUT2D eigenvalue weighted by atomic mass is 16.2. The molecule has 6 heteroatoms. The molecule has 1 aliphatic heterocycles. The molecule has 1 N–H and O–H groups in total. The van der Waals surface area contributed by atoms with Gasteiger partial charge in [0.25, 0.3) is 0 Å². The number of carbonyl (C=O) groups is 2. The highest BCUT2D eigenvalue weighted by Gasteiger charge is 2.30. The lowest BCUT2D eigenvalue weighted by atomic mass is 10.1. The molecule has 0 unspecified atom stereocenters. The molecular weight excluding hydrogens is 316 g/mol. The Hall–Kier alpha value is -2.89. The number of aromatic nitrogens is 1. The molecule has 2 heterocycles. The normalized spacial score (nSPS) is 16.8. The van der Waals surface area contributed by atoms with E-state index in [1.807, 2.05) is 45.2 Å². The Morgan fingerprint density at radius 3 is 2.76 bits per heavy atom. The van der Waals surface area contributed by atoms with Crippen molar-refractivity contribution in [3.05, 3.63) is 53.9 Å². The van der Waals surface area contributed by atoms with E-state index in [9.17, 15) is 9.59 Å². The van der Waals surface area contributed by atoms with E-state index in [-0.39, 0.29) is 6.04 Å². The van der Waals surface area contributed by atoms with Crippen LogP contribution in [0, 0.1) is 6.92 Å². The molecule has 1 aromatic heterocycles. The van der Waals surface area contributed by atoms with Crippen LogP contribution in [0.1, 0.15) is 18.1 Å². The summed E-state index contributed by atoms with van der Waals surface area (Å²) in [5, 5.41) is 2.65. The molecule has 25 heavy (non-hydrogen) atoms. The van der Waals surface area contributed by atoms with Crippen LogP contribution in [0.3, 0.4) is 0 Å². The van der Waals surface area contributed by atoms with Gasteiger partial charge in [-0.05, 0) is 37.1 Å². The average Bonchev–Trinajstić information content (AvgIpc) is 2.71. The number of likely N-dealkylation sites (N-methyl/N-ethyl adjacent to an activating group) is 1. The van der Waals surface area contributed by atoms with Crippen molar-refractivity contribution in [1.29, 1.82) is 0 Å². The van der Waals surface area contributed by atoms with Crippen LogP contribution in [0.25, 0.3) is 0 Å². The van der Waals surface area contributed by atoms with Crippen molar-refractivity contribution >= 4 is 23.2 Å². The summed E-state index contributed by atoms with van der Waals surface area (Å²) in [6.07, 6.45) is 3.23. The number of benzene rings is 1. The minimum absolute atomic E-state index is 0.0775. The van der Waals surface area contributed by atoms with Crippen LogP contribution in [0.5, 0.6) is 0 Å². The summed E-state index contributed by atoms with van der Waals surface area (Å²) in [6, 6.07) is 9.67. The predicted molar refractivity (Wildman–Crippen MR) is 97.3 cm³/mol. The quantitative estimate of drug-likeness (QED) is 0.810. The van der Waals surface area contributed by atoms with Gasteiger partial charge in [0.05, 0.1) is 11.9 Å². The Morgan fingerprint density at radius 2 is 2.00 bits per heavy atom.